The first-order valence-electron chi connectivity index (χ1n) is 10.4. The summed E-state index contributed by atoms with van der Waals surface area (Å²) in [6.45, 7) is 5.06. The highest BCUT2D eigenvalue weighted by molar-refractivity contribution is 5.92. The third kappa shape index (κ3) is 5.52. The van der Waals surface area contributed by atoms with Crippen LogP contribution in [0.5, 0.6) is 11.5 Å². The predicted octanol–water partition coefficient (Wildman–Crippen LogP) is 2.36. The molecule has 2 aromatic carbocycles. The lowest BCUT2D eigenvalue weighted by molar-refractivity contribution is -0.895. The van der Waals surface area contributed by atoms with E-state index in [-0.39, 0.29) is 11.8 Å². The molecule has 0 bridgehead atoms. The zero-order valence-electron chi connectivity index (χ0n) is 17.5. The van der Waals surface area contributed by atoms with Crippen LogP contribution in [-0.4, -0.2) is 49.4 Å². The number of rotatable bonds is 6. The zero-order valence-corrected chi connectivity index (χ0v) is 17.5. The molecule has 0 spiro atoms. The molecule has 2 amide bonds. The summed E-state index contributed by atoms with van der Waals surface area (Å²) in [5.41, 5.74) is 1.91. The van der Waals surface area contributed by atoms with Crippen LogP contribution in [0.2, 0.25) is 0 Å². The third-order valence-electron chi connectivity index (χ3n) is 5.30. The van der Waals surface area contributed by atoms with Crippen LogP contribution in [-0.2, 0) is 4.79 Å². The second-order valence-electron chi connectivity index (χ2n) is 7.68. The number of hydrogen-bond donors (Lipinski definition) is 2. The Hall–Kier alpha value is -3.58. The van der Waals surface area contributed by atoms with Gasteiger partial charge in [0.05, 0.1) is 32.4 Å². The predicted molar refractivity (Wildman–Crippen MR) is 116 cm³/mol. The van der Waals surface area contributed by atoms with E-state index in [4.69, 9.17) is 9.15 Å². The van der Waals surface area contributed by atoms with Crippen LogP contribution >= 0.6 is 0 Å². The van der Waals surface area contributed by atoms with Crippen LogP contribution in [0.4, 0.5) is 5.69 Å². The number of carbonyl (C=O) groups excluding carboxylic acids is 2. The van der Waals surface area contributed by atoms with E-state index in [1.54, 1.807) is 17.0 Å². The van der Waals surface area contributed by atoms with Crippen molar-refractivity contribution < 1.29 is 23.6 Å². The number of amides is 2. The molecule has 0 saturated carbocycles. The fourth-order valence-electron chi connectivity index (χ4n) is 3.54. The maximum absolute atomic E-state index is 12.4. The van der Waals surface area contributed by atoms with Crippen molar-refractivity contribution in [1.29, 1.82) is 0 Å². The molecule has 7 nitrogen and oxygen atoms in total. The lowest BCUT2D eigenvalue weighted by atomic mass is 10.2. The molecule has 7 heteroatoms. The van der Waals surface area contributed by atoms with E-state index in [2.05, 4.69) is 5.32 Å². The fourth-order valence-corrected chi connectivity index (χ4v) is 3.54. The van der Waals surface area contributed by atoms with Crippen LogP contribution in [0, 0.1) is 6.92 Å². The number of nitrogens with one attached hydrogen (secondary N) is 2. The van der Waals surface area contributed by atoms with E-state index >= 15 is 0 Å². The number of piperazine rings is 1. The van der Waals surface area contributed by atoms with E-state index < -0.39 is 0 Å². The van der Waals surface area contributed by atoms with Gasteiger partial charge in [-0.15, -0.1) is 0 Å². The highest BCUT2D eigenvalue weighted by Crippen LogP contribution is 2.23. The number of nitrogens with zero attached hydrogens (tertiary/aromatic N) is 1. The normalized spacial score (nSPS) is 14.3. The van der Waals surface area contributed by atoms with Crippen molar-refractivity contribution in [3.8, 4) is 11.5 Å². The summed E-state index contributed by atoms with van der Waals surface area (Å²) >= 11 is 0. The number of furan rings is 1. The molecule has 1 saturated heterocycles. The average Bonchev–Trinajstić information content (AvgIpc) is 3.32. The summed E-state index contributed by atoms with van der Waals surface area (Å²) in [7, 11) is 0. The number of aryl methyl sites for hydroxylation is 1. The van der Waals surface area contributed by atoms with E-state index in [1.807, 2.05) is 55.5 Å². The molecule has 160 valence electrons. The van der Waals surface area contributed by atoms with E-state index in [9.17, 15) is 9.59 Å². The Morgan fingerprint density at radius 1 is 1.00 bits per heavy atom. The Labute approximate surface area is 181 Å². The van der Waals surface area contributed by atoms with Crippen molar-refractivity contribution in [3.63, 3.8) is 0 Å². The Morgan fingerprint density at radius 2 is 1.65 bits per heavy atom. The van der Waals surface area contributed by atoms with Gasteiger partial charge in [-0.3, -0.25) is 9.59 Å². The minimum atomic E-state index is -0.0959. The number of anilines is 1. The highest BCUT2D eigenvalue weighted by Gasteiger charge is 2.27. The molecule has 31 heavy (non-hydrogen) atoms. The lowest BCUT2D eigenvalue weighted by Crippen LogP contribution is -3.15. The van der Waals surface area contributed by atoms with Gasteiger partial charge in [-0.1, -0.05) is 17.7 Å². The second kappa shape index (κ2) is 9.49. The molecule has 2 heterocycles. The van der Waals surface area contributed by atoms with Crippen molar-refractivity contribution in [2.75, 3.05) is 38.0 Å². The largest absolute Gasteiger partial charge is 0.459 e. The molecule has 0 atom stereocenters. The molecule has 1 aromatic heterocycles. The highest BCUT2D eigenvalue weighted by atomic mass is 16.5. The lowest BCUT2D eigenvalue weighted by Gasteiger charge is -2.31. The smallest absolute Gasteiger partial charge is 0.289 e. The van der Waals surface area contributed by atoms with Crippen LogP contribution in [0.15, 0.2) is 71.3 Å². The SMILES string of the molecule is Cc1ccc(Oc2ccc(NC(=O)C[NH+]3CCN(C(=O)c4ccco4)CC3)cc2)cc1. The molecule has 0 unspecified atom stereocenters. The number of benzene rings is 2. The molecule has 0 radical (unpaired) electrons. The van der Waals surface area contributed by atoms with E-state index in [1.165, 1.54) is 11.8 Å². The number of ether oxygens (including phenoxy) is 1. The first-order chi connectivity index (χ1) is 15.1. The monoisotopic (exact) mass is 420 g/mol. The minimum Gasteiger partial charge on any atom is -0.459 e. The van der Waals surface area contributed by atoms with E-state index in [0.29, 0.717) is 31.1 Å². The first kappa shape index (κ1) is 20.7. The summed E-state index contributed by atoms with van der Waals surface area (Å²) < 4.78 is 11.0. The minimum absolute atomic E-state index is 0.0481. The fraction of sp³-hybridized carbons (Fsp3) is 0.250. The topological polar surface area (TPSA) is 76.2 Å². The summed E-state index contributed by atoms with van der Waals surface area (Å²) in [6.07, 6.45) is 1.50. The van der Waals surface area contributed by atoms with Crippen LogP contribution in [0.25, 0.3) is 0 Å². The first-order valence-corrected chi connectivity index (χ1v) is 10.4. The molecule has 3 aromatic rings. The molecule has 1 aliphatic rings. The van der Waals surface area contributed by atoms with Gasteiger partial charge in [0.25, 0.3) is 11.8 Å². The molecule has 0 aliphatic carbocycles. The number of carbonyl (C=O) groups is 2. The standard InChI is InChI=1S/C24H25N3O4/c1-18-4-8-20(9-5-18)31-21-10-6-19(7-11-21)25-23(28)17-26-12-14-27(15-13-26)24(29)22-3-2-16-30-22/h2-11,16H,12-15,17H2,1H3,(H,25,28)/p+1. The second-order valence-corrected chi connectivity index (χ2v) is 7.68. The van der Waals surface area contributed by atoms with Gasteiger partial charge in [0, 0.05) is 5.69 Å². The van der Waals surface area contributed by atoms with Crippen LogP contribution < -0.4 is 15.0 Å². The van der Waals surface area contributed by atoms with Crippen LogP contribution in [0.3, 0.4) is 0 Å². The Kier molecular flexibility index (Phi) is 6.33. The summed E-state index contributed by atoms with van der Waals surface area (Å²) in [5.74, 6) is 1.70. The average molecular weight is 420 g/mol. The quantitative estimate of drug-likeness (QED) is 0.642. The van der Waals surface area contributed by atoms with Crippen molar-refractivity contribution in [2.45, 2.75) is 6.92 Å². The van der Waals surface area contributed by atoms with Gasteiger partial charge in [0.2, 0.25) is 0 Å². The van der Waals surface area contributed by atoms with Gasteiger partial charge < -0.3 is 24.3 Å². The summed E-state index contributed by atoms with van der Waals surface area (Å²) in [6, 6.07) is 18.6. The Balaban J connectivity index is 1.23. The summed E-state index contributed by atoms with van der Waals surface area (Å²) in [4.78, 5) is 27.7. The van der Waals surface area contributed by atoms with Gasteiger partial charge in [-0.25, -0.2) is 0 Å². The van der Waals surface area contributed by atoms with Gasteiger partial charge in [-0.2, -0.15) is 0 Å². The van der Waals surface area contributed by atoms with Crippen molar-refractivity contribution in [2.24, 2.45) is 0 Å². The Morgan fingerprint density at radius 3 is 2.26 bits per heavy atom. The number of quaternary nitrogens is 1. The maximum atomic E-state index is 12.4. The Bertz CT molecular complexity index is 1010. The molecular formula is C24H26N3O4+. The van der Waals surface area contributed by atoms with Gasteiger partial charge in [0.15, 0.2) is 12.3 Å². The summed E-state index contributed by atoms with van der Waals surface area (Å²) in [5, 5.41) is 2.93. The van der Waals surface area contributed by atoms with Crippen molar-refractivity contribution in [1.82, 2.24) is 4.90 Å². The molecule has 4 rings (SSSR count). The van der Waals surface area contributed by atoms with Gasteiger partial charge >= 0.3 is 0 Å². The molecular weight excluding hydrogens is 394 g/mol. The molecule has 1 aliphatic heterocycles. The van der Waals surface area contributed by atoms with Gasteiger partial charge in [0.1, 0.15) is 11.5 Å². The molecule has 1 fully saturated rings. The van der Waals surface area contributed by atoms with E-state index in [0.717, 1.165) is 29.4 Å². The van der Waals surface area contributed by atoms with Crippen molar-refractivity contribution >= 4 is 17.5 Å². The van der Waals surface area contributed by atoms with Crippen LogP contribution in [0.1, 0.15) is 16.1 Å². The van der Waals surface area contributed by atoms with Gasteiger partial charge in [-0.05, 0) is 55.5 Å². The maximum Gasteiger partial charge on any atom is 0.289 e. The third-order valence-corrected chi connectivity index (χ3v) is 5.30. The molecule has 2 N–H and O–H groups in total. The number of hydrogen-bond acceptors (Lipinski definition) is 4. The van der Waals surface area contributed by atoms with Crippen molar-refractivity contribution in [3.05, 3.63) is 78.3 Å². The zero-order chi connectivity index (χ0) is 21.6.